The Balaban J connectivity index is 2.43. The molecule has 4 nitrogen and oxygen atoms in total. The average molecular weight is 272 g/mol. The first-order chi connectivity index (χ1) is 9.52. The van der Waals surface area contributed by atoms with Gasteiger partial charge in [0.1, 0.15) is 11.5 Å². The SMILES string of the molecule is CNC(=O)c1[nH]c2ccc(C)cc2c1CCCC(C)=O. The van der Waals surface area contributed by atoms with Crippen LogP contribution in [0.2, 0.25) is 0 Å². The molecular weight excluding hydrogens is 252 g/mol. The number of amides is 1. The molecule has 0 saturated carbocycles. The highest BCUT2D eigenvalue weighted by Gasteiger charge is 2.16. The van der Waals surface area contributed by atoms with Crippen LogP contribution >= 0.6 is 0 Å². The van der Waals surface area contributed by atoms with Crippen molar-refractivity contribution in [1.82, 2.24) is 10.3 Å². The first kappa shape index (κ1) is 14.3. The number of rotatable bonds is 5. The maximum absolute atomic E-state index is 12.0. The van der Waals surface area contributed by atoms with Crippen LogP contribution in [0.25, 0.3) is 10.9 Å². The Morgan fingerprint density at radius 2 is 2.05 bits per heavy atom. The molecule has 0 aliphatic carbocycles. The van der Waals surface area contributed by atoms with Crippen molar-refractivity contribution in [2.45, 2.75) is 33.1 Å². The quantitative estimate of drug-likeness (QED) is 0.879. The number of carbonyl (C=O) groups excluding carboxylic acids is 2. The van der Waals surface area contributed by atoms with Crippen molar-refractivity contribution in [2.24, 2.45) is 0 Å². The molecule has 0 aliphatic rings. The van der Waals surface area contributed by atoms with E-state index in [4.69, 9.17) is 0 Å². The molecule has 2 N–H and O–H groups in total. The third-order valence-electron chi connectivity index (χ3n) is 3.47. The molecule has 0 saturated heterocycles. The first-order valence-corrected chi connectivity index (χ1v) is 6.85. The van der Waals surface area contributed by atoms with Crippen molar-refractivity contribution in [3.63, 3.8) is 0 Å². The highest BCUT2D eigenvalue weighted by Crippen LogP contribution is 2.25. The third-order valence-corrected chi connectivity index (χ3v) is 3.47. The number of aromatic nitrogens is 1. The molecule has 2 aromatic rings. The second-order valence-corrected chi connectivity index (χ2v) is 5.16. The van der Waals surface area contributed by atoms with Gasteiger partial charge in [0.15, 0.2) is 0 Å². The molecule has 1 aromatic carbocycles. The lowest BCUT2D eigenvalue weighted by atomic mass is 10.0. The van der Waals surface area contributed by atoms with Gasteiger partial charge in [0, 0.05) is 24.4 Å². The van der Waals surface area contributed by atoms with Gasteiger partial charge in [-0.05, 0) is 44.4 Å². The Hall–Kier alpha value is -2.10. The maximum Gasteiger partial charge on any atom is 0.267 e. The van der Waals surface area contributed by atoms with Crippen LogP contribution in [0, 0.1) is 6.92 Å². The van der Waals surface area contributed by atoms with Gasteiger partial charge >= 0.3 is 0 Å². The molecule has 1 heterocycles. The molecule has 0 atom stereocenters. The summed E-state index contributed by atoms with van der Waals surface area (Å²) in [5.41, 5.74) is 3.74. The highest BCUT2D eigenvalue weighted by atomic mass is 16.1. The van der Waals surface area contributed by atoms with Crippen LogP contribution in [-0.4, -0.2) is 23.7 Å². The molecule has 1 aromatic heterocycles. The van der Waals surface area contributed by atoms with Gasteiger partial charge in [-0.25, -0.2) is 0 Å². The monoisotopic (exact) mass is 272 g/mol. The van der Waals surface area contributed by atoms with Gasteiger partial charge in [0.25, 0.3) is 5.91 Å². The number of nitrogens with one attached hydrogen (secondary N) is 2. The molecule has 4 heteroatoms. The van der Waals surface area contributed by atoms with Gasteiger partial charge in [0.2, 0.25) is 0 Å². The van der Waals surface area contributed by atoms with Gasteiger partial charge < -0.3 is 15.1 Å². The number of aryl methyl sites for hydroxylation is 2. The first-order valence-electron chi connectivity index (χ1n) is 6.85. The van der Waals surface area contributed by atoms with Crippen LogP contribution in [0.15, 0.2) is 18.2 Å². The van der Waals surface area contributed by atoms with Crippen molar-refractivity contribution in [3.8, 4) is 0 Å². The fraction of sp³-hybridized carbons (Fsp3) is 0.375. The van der Waals surface area contributed by atoms with Crippen molar-refractivity contribution in [2.75, 3.05) is 7.05 Å². The van der Waals surface area contributed by atoms with Crippen LogP contribution in [-0.2, 0) is 11.2 Å². The molecule has 0 fully saturated rings. The lowest BCUT2D eigenvalue weighted by molar-refractivity contribution is -0.117. The summed E-state index contributed by atoms with van der Waals surface area (Å²) in [5.74, 6) is 0.0687. The fourth-order valence-corrected chi connectivity index (χ4v) is 2.45. The molecular formula is C16H20N2O2. The number of benzene rings is 1. The Morgan fingerprint density at radius 3 is 2.70 bits per heavy atom. The summed E-state index contributed by atoms with van der Waals surface area (Å²) in [6, 6.07) is 6.10. The Labute approximate surface area is 118 Å². The zero-order valence-electron chi connectivity index (χ0n) is 12.2. The number of aromatic amines is 1. The molecule has 0 unspecified atom stereocenters. The van der Waals surface area contributed by atoms with Crippen LogP contribution in [0.3, 0.4) is 0 Å². The summed E-state index contributed by atoms with van der Waals surface area (Å²) in [7, 11) is 1.62. The summed E-state index contributed by atoms with van der Waals surface area (Å²) in [6.45, 7) is 3.63. The van der Waals surface area contributed by atoms with Crippen LogP contribution in [0.5, 0.6) is 0 Å². The van der Waals surface area contributed by atoms with E-state index < -0.39 is 0 Å². The predicted molar refractivity (Wildman–Crippen MR) is 80.0 cm³/mol. The van der Waals surface area contributed by atoms with E-state index in [-0.39, 0.29) is 11.7 Å². The summed E-state index contributed by atoms with van der Waals surface area (Å²) >= 11 is 0. The van der Waals surface area contributed by atoms with E-state index in [9.17, 15) is 9.59 Å². The third kappa shape index (κ3) is 2.90. The van der Waals surface area contributed by atoms with E-state index in [1.807, 2.05) is 19.1 Å². The topological polar surface area (TPSA) is 62.0 Å². The molecule has 106 valence electrons. The molecule has 0 aliphatic heterocycles. The number of hydrogen-bond donors (Lipinski definition) is 2. The standard InChI is InChI=1S/C16H20N2O2/c1-10-7-8-14-13(9-10)12(6-4-5-11(2)19)15(18-14)16(20)17-3/h7-9,18H,4-6H2,1-3H3,(H,17,20). The Morgan fingerprint density at radius 1 is 1.30 bits per heavy atom. The van der Waals surface area contributed by atoms with Gasteiger partial charge in [-0.3, -0.25) is 4.79 Å². The van der Waals surface area contributed by atoms with Crippen LogP contribution < -0.4 is 5.32 Å². The number of fused-ring (bicyclic) bond motifs is 1. The largest absolute Gasteiger partial charge is 0.354 e. The molecule has 20 heavy (non-hydrogen) atoms. The second kappa shape index (κ2) is 5.90. The molecule has 0 spiro atoms. The van der Waals surface area contributed by atoms with E-state index in [0.29, 0.717) is 12.1 Å². The van der Waals surface area contributed by atoms with Crippen molar-refractivity contribution < 1.29 is 9.59 Å². The highest BCUT2D eigenvalue weighted by molar-refractivity contribution is 6.01. The zero-order chi connectivity index (χ0) is 14.7. The minimum atomic E-state index is -0.114. The summed E-state index contributed by atoms with van der Waals surface area (Å²) in [4.78, 5) is 26.2. The number of Topliss-reactive ketones (excluding diaryl/α,β-unsaturated/α-hetero) is 1. The van der Waals surface area contributed by atoms with Gasteiger partial charge in [-0.2, -0.15) is 0 Å². The lowest BCUT2D eigenvalue weighted by Crippen LogP contribution is -2.19. The van der Waals surface area contributed by atoms with Crippen LogP contribution in [0.1, 0.15) is 41.4 Å². The van der Waals surface area contributed by atoms with Crippen molar-refractivity contribution in [1.29, 1.82) is 0 Å². The maximum atomic E-state index is 12.0. The van der Waals surface area contributed by atoms with Crippen molar-refractivity contribution >= 4 is 22.6 Å². The van der Waals surface area contributed by atoms with Crippen molar-refractivity contribution in [3.05, 3.63) is 35.0 Å². The molecule has 1 amide bonds. The Kier molecular flexibility index (Phi) is 4.23. The molecule has 0 radical (unpaired) electrons. The second-order valence-electron chi connectivity index (χ2n) is 5.16. The minimum absolute atomic E-state index is 0.114. The molecule has 0 bridgehead atoms. The predicted octanol–water partition coefficient (Wildman–Crippen LogP) is 2.75. The zero-order valence-corrected chi connectivity index (χ0v) is 12.2. The van der Waals surface area contributed by atoms with E-state index >= 15 is 0 Å². The van der Waals surface area contributed by atoms with Gasteiger partial charge in [0.05, 0.1) is 0 Å². The normalized spacial score (nSPS) is 10.8. The number of ketones is 1. The van der Waals surface area contributed by atoms with E-state index in [1.165, 1.54) is 0 Å². The minimum Gasteiger partial charge on any atom is -0.354 e. The molecule has 2 rings (SSSR count). The summed E-state index contributed by atoms with van der Waals surface area (Å²) < 4.78 is 0. The van der Waals surface area contributed by atoms with Crippen LogP contribution in [0.4, 0.5) is 0 Å². The van der Waals surface area contributed by atoms with Gasteiger partial charge in [-0.15, -0.1) is 0 Å². The lowest BCUT2D eigenvalue weighted by Gasteiger charge is -2.03. The van der Waals surface area contributed by atoms with E-state index in [0.717, 1.165) is 34.9 Å². The van der Waals surface area contributed by atoms with E-state index in [1.54, 1.807) is 14.0 Å². The average Bonchev–Trinajstić information content (AvgIpc) is 2.76. The number of hydrogen-bond acceptors (Lipinski definition) is 2. The van der Waals surface area contributed by atoms with E-state index in [2.05, 4.69) is 16.4 Å². The summed E-state index contributed by atoms with van der Waals surface area (Å²) in [6.07, 6.45) is 2.04. The van der Waals surface area contributed by atoms with Gasteiger partial charge in [-0.1, -0.05) is 11.6 Å². The Bertz CT molecular complexity index is 656. The smallest absolute Gasteiger partial charge is 0.267 e. The fourth-order valence-electron chi connectivity index (χ4n) is 2.45. The summed E-state index contributed by atoms with van der Waals surface area (Å²) in [5, 5.41) is 3.74. The number of H-pyrrole nitrogens is 1. The number of carbonyl (C=O) groups is 2.